The van der Waals surface area contributed by atoms with Crippen molar-refractivity contribution in [2.24, 2.45) is 11.3 Å². The third-order valence-corrected chi connectivity index (χ3v) is 5.16. The van der Waals surface area contributed by atoms with Gasteiger partial charge in [0, 0.05) is 6.20 Å². The molecule has 1 aliphatic carbocycles. The lowest BCUT2D eigenvalue weighted by molar-refractivity contribution is -0.00974. The number of pyridine rings is 1. The Balaban J connectivity index is 1.65. The van der Waals surface area contributed by atoms with Crippen molar-refractivity contribution in [2.75, 3.05) is 18.0 Å². The first-order chi connectivity index (χ1) is 9.29. The minimum Gasteiger partial charge on any atom is -0.386 e. The van der Waals surface area contributed by atoms with Gasteiger partial charge in [-0.1, -0.05) is 33.8 Å². The third kappa shape index (κ3) is 2.44. The zero-order chi connectivity index (χ0) is 14.5. The highest BCUT2D eigenvalue weighted by Crippen LogP contribution is 2.45. The molecule has 1 unspecified atom stereocenters. The van der Waals surface area contributed by atoms with E-state index in [-0.39, 0.29) is 5.41 Å². The molecular formula is C17H26N2O. The molecule has 110 valence electrons. The van der Waals surface area contributed by atoms with Crippen molar-refractivity contribution in [3.8, 4) is 0 Å². The van der Waals surface area contributed by atoms with E-state index < -0.39 is 5.60 Å². The van der Waals surface area contributed by atoms with Gasteiger partial charge in [-0.2, -0.15) is 0 Å². The van der Waals surface area contributed by atoms with Gasteiger partial charge in [0.05, 0.1) is 13.1 Å². The molecule has 0 radical (unpaired) electrons. The van der Waals surface area contributed by atoms with Crippen LogP contribution in [0.2, 0.25) is 0 Å². The van der Waals surface area contributed by atoms with Crippen LogP contribution in [0.5, 0.6) is 0 Å². The summed E-state index contributed by atoms with van der Waals surface area (Å²) >= 11 is 0. The van der Waals surface area contributed by atoms with Crippen LogP contribution < -0.4 is 4.90 Å². The number of nitrogens with zero attached hydrogens (tertiary/aromatic N) is 2. The summed E-state index contributed by atoms with van der Waals surface area (Å²) in [4.78, 5) is 6.78. The molecule has 1 aromatic rings. The topological polar surface area (TPSA) is 36.4 Å². The molecule has 0 bridgehead atoms. The summed E-state index contributed by atoms with van der Waals surface area (Å²) in [5.74, 6) is 2.03. The molecule has 0 spiro atoms. The zero-order valence-electron chi connectivity index (χ0n) is 13.1. The maximum Gasteiger partial charge on any atom is 0.128 e. The monoisotopic (exact) mass is 274 g/mol. The third-order valence-electron chi connectivity index (χ3n) is 5.16. The van der Waals surface area contributed by atoms with E-state index in [1.807, 2.05) is 6.20 Å². The zero-order valence-corrected chi connectivity index (χ0v) is 13.1. The van der Waals surface area contributed by atoms with Gasteiger partial charge in [0.25, 0.3) is 0 Å². The molecule has 20 heavy (non-hydrogen) atoms. The number of hydrogen-bond acceptors (Lipinski definition) is 3. The normalized spacial score (nSPS) is 23.4. The first-order valence-corrected chi connectivity index (χ1v) is 7.73. The van der Waals surface area contributed by atoms with Crippen LogP contribution in [0.4, 0.5) is 5.82 Å². The predicted octanol–water partition coefficient (Wildman–Crippen LogP) is 3.19. The summed E-state index contributed by atoms with van der Waals surface area (Å²) in [6.07, 6.45) is 4.39. The smallest absolute Gasteiger partial charge is 0.128 e. The van der Waals surface area contributed by atoms with Gasteiger partial charge in [-0.25, -0.2) is 4.98 Å². The summed E-state index contributed by atoms with van der Waals surface area (Å²) < 4.78 is 0. The van der Waals surface area contributed by atoms with Crippen molar-refractivity contribution in [1.82, 2.24) is 4.98 Å². The Kier molecular flexibility index (Phi) is 3.09. The number of hydrogen-bond donors (Lipinski definition) is 1. The summed E-state index contributed by atoms with van der Waals surface area (Å²) in [7, 11) is 0. The quantitative estimate of drug-likeness (QED) is 0.919. The van der Waals surface area contributed by atoms with Crippen LogP contribution in [-0.2, 0) is 0 Å². The number of rotatable bonds is 3. The maximum absolute atomic E-state index is 10.4. The Hall–Kier alpha value is -1.09. The molecule has 1 N–H and O–H groups in total. The van der Waals surface area contributed by atoms with Crippen molar-refractivity contribution in [3.05, 3.63) is 23.9 Å². The Morgan fingerprint density at radius 2 is 1.95 bits per heavy atom. The fourth-order valence-electron chi connectivity index (χ4n) is 3.00. The highest BCUT2D eigenvalue weighted by molar-refractivity contribution is 5.45. The van der Waals surface area contributed by atoms with E-state index in [1.165, 1.54) is 18.4 Å². The number of aliphatic hydroxyl groups is 1. The second kappa shape index (κ2) is 4.45. The standard InChI is InChI=1S/C17H26N2O/c1-12(16(2,3)4)13-5-8-15(18-9-13)19-10-17(20,11-19)14-6-7-14/h5,8-9,12,14,20H,6-7,10-11H2,1-4H3. The van der Waals surface area contributed by atoms with Gasteiger partial charge in [0.15, 0.2) is 0 Å². The van der Waals surface area contributed by atoms with Crippen LogP contribution in [0.1, 0.15) is 52.0 Å². The van der Waals surface area contributed by atoms with Crippen LogP contribution >= 0.6 is 0 Å². The van der Waals surface area contributed by atoms with E-state index in [9.17, 15) is 5.11 Å². The van der Waals surface area contributed by atoms with Gasteiger partial charge in [-0.3, -0.25) is 0 Å². The highest BCUT2D eigenvalue weighted by Gasteiger charge is 2.52. The highest BCUT2D eigenvalue weighted by atomic mass is 16.3. The average molecular weight is 274 g/mol. The van der Waals surface area contributed by atoms with Crippen LogP contribution in [-0.4, -0.2) is 28.8 Å². The van der Waals surface area contributed by atoms with Crippen LogP contribution in [0.15, 0.2) is 18.3 Å². The van der Waals surface area contributed by atoms with E-state index in [2.05, 4.69) is 49.7 Å². The molecule has 0 aromatic carbocycles. The van der Waals surface area contributed by atoms with Gasteiger partial charge >= 0.3 is 0 Å². The Morgan fingerprint density at radius 1 is 1.30 bits per heavy atom. The number of β-amino-alcohol motifs (C(OH)–C–C–N with tert-alkyl or cyclic N) is 1. The van der Waals surface area contributed by atoms with Crippen molar-refractivity contribution in [1.29, 1.82) is 0 Å². The van der Waals surface area contributed by atoms with Crippen molar-refractivity contribution >= 4 is 5.82 Å². The maximum atomic E-state index is 10.4. The molecular weight excluding hydrogens is 248 g/mol. The van der Waals surface area contributed by atoms with Crippen molar-refractivity contribution in [2.45, 2.75) is 52.1 Å². The van der Waals surface area contributed by atoms with E-state index in [0.29, 0.717) is 11.8 Å². The molecule has 1 saturated carbocycles. The lowest BCUT2D eigenvalue weighted by Crippen LogP contribution is -2.63. The summed E-state index contributed by atoms with van der Waals surface area (Å²) in [5, 5.41) is 10.4. The summed E-state index contributed by atoms with van der Waals surface area (Å²) in [6.45, 7) is 10.5. The fourth-order valence-corrected chi connectivity index (χ4v) is 3.00. The van der Waals surface area contributed by atoms with Crippen LogP contribution in [0.3, 0.4) is 0 Å². The molecule has 3 nitrogen and oxygen atoms in total. The van der Waals surface area contributed by atoms with Gasteiger partial charge < -0.3 is 10.0 Å². The lowest BCUT2D eigenvalue weighted by Gasteiger charge is -2.47. The van der Waals surface area contributed by atoms with Crippen LogP contribution in [0, 0.1) is 11.3 Å². The molecule has 1 aromatic heterocycles. The number of anilines is 1. The van der Waals surface area contributed by atoms with Gasteiger partial charge in [0.1, 0.15) is 11.4 Å². The SMILES string of the molecule is CC(c1ccc(N2CC(O)(C3CC3)C2)nc1)C(C)(C)C. The second-order valence-electron chi connectivity index (χ2n) is 7.77. The van der Waals surface area contributed by atoms with E-state index in [1.54, 1.807) is 0 Å². The minimum absolute atomic E-state index is 0.256. The van der Waals surface area contributed by atoms with E-state index in [0.717, 1.165) is 18.9 Å². The fraction of sp³-hybridized carbons (Fsp3) is 0.706. The van der Waals surface area contributed by atoms with Gasteiger partial charge in [-0.15, -0.1) is 0 Å². The van der Waals surface area contributed by atoms with E-state index >= 15 is 0 Å². The molecule has 2 fully saturated rings. The molecule has 0 amide bonds. The Labute approximate surface area is 122 Å². The summed E-state index contributed by atoms with van der Waals surface area (Å²) in [5.41, 5.74) is 1.12. The van der Waals surface area contributed by atoms with Gasteiger partial charge in [0.2, 0.25) is 0 Å². The largest absolute Gasteiger partial charge is 0.386 e. The second-order valence-corrected chi connectivity index (χ2v) is 7.77. The lowest BCUT2D eigenvalue weighted by atomic mass is 9.78. The molecule has 1 saturated heterocycles. The first-order valence-electron chi connectivity index (χ1n) is 7.73. The Bertz CT molecular complexity index is 479. The van der Waals surface area contributed by atoms with Crippen LogP contribution in [0.25, 0.3) is 0 Å². The first kappa shape index (κ1) is 13.9. The predicted molar refractivity (Wildman–Crippen MR) is 82.0 cm³/mol. The molecule has 1 atom stereocenters. The minimum atomic E-state index is -0.431. The average Bonchev–Trinajstić information content (AvgIpc) is 3.18. The van der Waals surface area contributed by atoms with E-state index in [4.69, 9.17) is 0 Å². The van der Waals surface area contributed by atoms with Gasteiger partial charge in [-0.05, 0) is 41.7 Å². The molecule has 1 aliphatic heterocycles. The Morgan fingerprint density at radius 3 is 2.40 bits per heavy atom. The van der Waals surface area contributed by atoms with Crippen molar-refractivity contribution in [3.63, 3.8) is 0 Å². The van der Waals surface area contributed by atoms with Crippen molar-refractivity contribution < 1.29 is 5.11 Å². The molecule has 2 heterocycles. The number of aromatic nitrogens is 1. The molecule has 3 heteroatoms. The molecule has 3 rings (SSSR count). The molecule has 2 aliphatic rings. The summed E-state index contributed by atoms with van der Waals surface area (Å²) in [6, 6.07) is 4.29.